The smallest absolute Gasteiger partial charge is 0.255 e. The molecule has 0 saturated carbocycles. The van der Waals surface area contributed by atoms with Gasteiger partial charge in [-0.25, -0.2) is 44.4 Å². The molecule has 17 nitrogen and oxygen atoms in total. The molecule has 6 aromatic heterocycles. The van der Waals surface area contributed by atoms with Crippen molar-refractivity contribution in [3.63, 3.8) is 0 Å². The summed E-state index contributed by atoms with van der Waals surface area (Å²) in [5, 5.41) is 18.0. The molecule has 0 saturated heterocycles. The number of fused-ring (bicyclic) bond motifs is 12. The van der Waals surface area contributed by atoms with Crippen molar-refractivity contribution in [3.05, 3.63) is 191 Å². The summed E-state index contributed by atoms with van der Waals surface area (Å²) in [7, 11) is -1.71. The molecule has 0 bridgehead atoms. The third-order valence-electron chi connectivity index (χ3n) is 15.9. The number of nitrogens with one attached hydrogen (secondary N) is 2. The van der Waals surface area contributed by atoms with Gasteiger partial charge in [0.2, 0.25) is 20.0 Å². The molecule has 2 aliphatic rings. The summed E-state index contributed by atoms with van der Waals surface area (Å²) in [5.74, 6) is -2.15. The number of halogens is 4. The van der Waals surface area contributed by atoms with Crippen molar-refractivity contribution in [2.24, 2.45) is 0 Å². The van der Waals surface area contributed by atoms with E-state index in [9.17, 15) is 49.1 Å². The van der Waals surface area contributed by atoms with Crippen molar-refractivity contribution < 1.29 is 57.9 Å². The maximum absolute atomic E-state index is 14.6. The van der Waals surface area contributed by atoms with Gasteiger partial charge in [0, 0.05) is 89.7 Å². The highest BCUT2D eigenvalue weighted by Gasteiger charge is 2.34. The molecule has 0 fully saturated rings. The number of pyridine rings is 2. The number of sulfonamides is 2. The highest BCUT2D eigenvalue weighted by atomic mass is 32.2. The molecule has 438 valence electrons. The maximum atomic E-state index is 14.6. The standard InChI is InChI=1S/C32H24F2N4O5S.C32H24F2N4O4S/c1-35-31(39)28-21-13-20(25(37(2)44(3,41)42)15-27(21)43-30(28)16-7-9-17(33)10-8-16)23-12-11-18-29(36-23)26-14-19-22(34)5-4-6-24(19)38(26)32(18)40;1-35-32(39)29-22-13-21(24-12-9-18-16-38-25-6-4-5-23(34)20(25)14-27(38)30(18)36-24)26(37(2)43(3,40)41)15-28(22)42-31(29)17-7-10-19(33)11-8-17/h4-15,32,40H,1-3H3,(H,35,39);4-15H,16H2,1-3H3,(H,35,39). The summed E-state index contributed by atoms with van der Waals surface area (Å²) < 4.78 is 126. The Morgan fingerprint density at radius 1 is 0.575 bits per heavy atom. The van der Waals surface area contributed by atoms with Crippen molar-refractivity contribution in [1.29, 1.82) is 0 Å². The SMILES string of the molecule is CNC(=O)c1c(-c2ccc(F)cc2)oc2cc(N(C)S(C)(=O)=O)c(-c3ccc4c(n3)-c3cc5c(F)cccc5n3C4)cc12.CNC(=O)c1c(-c2ccc(F)cc2)oc2cc(N(C)S(C)(=O)=O)c(-c3ccc4c(n3)-c3cc5c(F)cccc5n3C4O)cc12. The van der Waals surface area contributed by atoms with Crippen LogP contribution >= 0.6 is 0 Å². The van der Waals surface area contributed by atoms with E-state index in [1.807, 2.05) is 16.7 Å². The van der Waals surface area contributed by atoms with E-state index in [4.69, 9.17) is 18.8 Å². The molecule has 0 aliphatic carbocycles. The average molecular weight is 1210 g/mol. The molecule has 2 aliphatic heterocycles. The molecule has 0 radical (unpaired) electrons. The molecule has 1 unspecified atom stereocenters. The normalized spacial score (nSPS) is 13.3. The van der Waals surface area contributed by atoms with E-state index < -0.39 is 55.5 Å². The van der Waals surface area contributed by atoms with Crippen LogP contribution in [-0.2, 0) is 26.6 Å². The molecule has 0 spiro atoms. The molecule has 1 atom stereocenters. The number of benzene rings is 6. The lowest BCUT2D eigenvalue weighted by atomic mass is 10.00. The van der Waals surface area contributed by atoms with E-state index in [0.29, 0.717) is 89.9 Å². The van der Waals surface area contributed by atoms with Gasteiger partial charge in [0.1, 0.15) is 46.0 Å². The van der Waals surface area contributed by atoms with Gasteiger partial charge in [-0.3, -0.25) is 18.2 Å². The van der Waals surface area contributed by atoms with E-state index in [-0.39, 0.29) is 51.0 Å². The van der Waals surface area contributed by atoms with E-state index in [0.717, 1.165) is 37.9 Å². The van der Waals surface area contributed by atoms with Crippen LogP contribution in [0.3, 0.4) is 0 Å². The van der Waals surface area contributed by atoms with Crippen LogP contribution in [0.15, 0.2) is 154 Å². The van der Waals surface area contributed by atoms with Gasteiger partial charge in [-0.15, -0.1) is 0 Å². The van der Waals surface area contributed by atoms with Gasteiger partial charge >= 0.3 is 0 Å². The van der Waals surface area contributed by atoms with Crippen molar-refractivity contribution in [2.75, 3.05) is 49.3 Å². The maximum Gasteiger partial charge on any atom is 0.255 e. The van der Waals surface area contributed by atoms with Crippen LogP contribution in [0.1, 0.15) is 38.1 Å². The number of carbonyl (C=O) groups excluding carboxylic acids is 2. The van der Waals surface area contributed by atoms with Gasteiger partial charge in [0.05, 0.1) is 86.8 Å². The van der Waals surface area contributed by atoms with Gasteiger partial charge < -0.3 is 33.7 Å². The lowest BCUT2D eigenvalue weighted by Crippen LogP contribution is -2.25. The van der Waals surface area contributed by atoms with E-state index in [2.05, 4.69) is 10.6 Å². The van der Waals surface area contributed by atoms with E-state index in [1.165, 1.54) is 94.9 Å². The second-order valence-electron chi connectivity index (χ2n) is 21.0. The van der Waals surface area contributed by atoms with Crippen molar-refractivity contribution in [2.45, 2.75) is 12.8 Å². The molecule has 23 heteroatoms. The number of furan rings is 2. The van der Waals surface area contributed by atoms with Gasteiger partial charge in [0.25, 0.3) is 11.8 Å². The highest BCUT2D eigenvalue weighted by Crippen LogP contribution is 2.47. The molecule has 6 aromatic carbocycles. The minimum Gasteiger partial charge on any atom is -0.455 e. The second-order valence-corrected chi connectivity index (χ2v) is 25.1. The zero-order chi connectivity index (χ0) is 61.3. The number of rotatable bonds is 10. The van der Waals surface area contributed by atoms with Crippen LogP contribution in [0.5, 0.6) is 0 Å². The number of hydrogen-bond donors (Lipinski definition) is 3. The Kier molecular flexibility index (Phi) is 13.2. The van der Waals surface area contributed by atoms with Crippen LogP contribution in [0, 0.1) is 23.3 Å². The summed E-state index contributed by atoms with van der Waals surface area (Å²) in [6.45, 7) is 0.517. The number of hydrogen-bond acceptors (Lipinski definition) is 11. The average Bonchev–Trinajstić information content (AvgIpc) is 1.80. The molecule has 8 heterocycles. The zero-order valence-electron chi connectivity index (χ0n) is 46.9. The van der Waals surface area contributed by atoms with E-state index >= 15 is 0 Å². The topological polar surface area (TPSA) is 215 Å². The first kappa shape index (κ1) is 56.1. The molecule has 14 rings (SSSR count). The number of amides is 2. The van der Waals surface area contributed by atoms with Crippen LogP contribution < -0.4 is 19.2 Å². The largest absolute Gasteiger partial charge is 0.455 e. The summed E-state index contributed by atoms with van der Waals surface area (Å²) >= 11 is 0. The molecule has 12 aromatic rings. The Balaban J connectivity index is 0.000000161. The Morgan fingerprint density at radius 2 is 1.03 bits per heavy atom. The summed E-state index contributed by atoms with van der Waals surface area (Å²) in [6.07, 6.45) is 1.04. The fourth-order valence-corrected chi connectivity index (χ4v) is 12.5. The Bertz CT molecular complexity index is 5160. The molecular formula is C64H48F4N8O9S2. The number of aromatic nitrogens is 4. The van der Waals surface area contributed by atoms with Gasteiger partial charge in [-0.2, -0.15) is 0 Å². The minimum atomic E-state index is -3.77. The first-order chi connectivity index (χ1) is 41.5. The monoisotopic (exact) mass is 1210 g/mol. The number of anilines is 2. The highest BCUT2D eigenvalue weighted by molar-refractivity contribution is 7.92. The number of carbonyl (C=O) groups is 2. The fraction of sp³-hybridized carbons (Fsp3) is 0.125. The first-order valence-electron chi connectivity index (χ1n) is 26.9. The molecular weight excluding hydrogens is 1160 g/mol. The predicted octanol–water partition coefficient (Wildman–Crippen LogP) is 11.8. The number of aliphatic hydroxyl groups excluding tert-OH is 1. The molecule has 2 amide bonds. The molecule has 87 heavy (non-hydrogen) atoms. The van der Waals surface area contributed by atoms with Crippen LogP contribution in [0.4, 0.5) is 28.9 Å². The van der Waals surface area contributed by atoms with E-state index in [1.54, 1.807) is 71.3 Å². The van der Waals surface area contributed by atoms with Crippen molar-refractivity contribution in [3.8, 4) is 67.9 Å². The van der Waals surface area contributed by atoms with Gasteiger partial charge in [-0.05, 0) is 115 Å². The third-order valence-corrected chi connectivity index (χ3v) is 18.3. The van der Waals surface area contributed by atoms with Crippen LogP contribution in [0.2, 0.25) is 0 Å². The second kappa shape index (κ2) is 20.6. The zero-order valence-corrected chi connectivity index (χ0v) is 48.5. The third kappa shape index (κ3) is 9.23. The van der Waals surface area contributed by atoms with Gasteiger partial charge in [-0.1, -0.05) is 24.3 Å². The fourth-order valence-electron chi connectivity index (χ4n) is 11.5. The summed E-state index contributed by atoms with van der Waals surface area (Å²) in [4.78, 5) is 36.2. The summed E-state index contributed by atoms with van der Waals surface area (Å²) in [6, 6.07) is 37.4. The first-order valence-corrected chi connectivity index (χ1v) is 30.5. The van der Waals surface area contributed by atoms with Crippen molar-refractivity contribution in [1.82, 2.24) is 29.7 Å². The lowest BCUT2D eigenvalue weighted by Gasteiger charge is -2.20. The predicted molar refractivity (Wildman–Crippen MR) is 324 cm³/mol. The van der Waals surface area contributed by atoms with Gasteiger partial charge in [0.15, 0.2) is 6.23 Å². The van der Waals surface area contributed by atoms with Crippen LogP contribution in [0.25, 0.3) is 112 Å². The Hall–Kier alpha value is -10.1. The minimum absolute atomic E-state index is 0.177. The Morgan fingerprint density at radius 3 is 1.53 bits per heavy atom. The Labute approximate surface area is 493 Å². The van der Waals surface area contributed by atoms with Crippen LogP contribution in [-0.4, -0.2) is 93.6 Å². The number of nitrogens with zero attached hydrogens (tertiary/aromatic N) is 6. The number of aliphatic hydroxyl groups is 1. The summed E-state index contributed by atoms with van der Waals surface area (Å²) in [5.41, 5.74) is 8.96. The molecule has 3 N–H and O–H groups in total. The lowest BCUT2D eigenvalue weighted by molar-refractivity contribution is 0.0956. The van der Waals surface area contributed by atoms with Crippen molar-refractivity contribution >= 4 is 87.0 Å². The quantitative estimate of drug-likeness (QED) is 0.109.